The number of rotatable bonds is 7. The molecule has 5 heterocycles. The number of hydrogen-bond acceptors (Lipinski definition) is 8. The van der Waals surface area contributed by atoms with E-state index in [9.17, 15) is 9.59 Å². The summed E-state index contributed by atoms with van der Waals surface area (Å²) in [5, 5.41) is 3.54. The summed E-state index contributed by atoms with van der Waals surface area (Å²) in [6, 6.07) is 7.88. The maximum atomic E-state index is 13.8. The lowest BCUT2D eigenvalue weighted by molar-refractivity contribution is -0.119. The first-order valence-electron chi connectivity index (χ1n) is 13.6. The Hall–Kier alpha value is -3.34. The van der Waals surface area contributed by atoms with Crippen molar-refractivity contribution in [3.8, 4) is 0 Å². The van der Waals surface area contributed by atoms with Crippen LogP contribution in [0.2, 0.25) is 0 Å². The average molecular weight is 534 g/mol. The van der Waals surface area contributed by atoms with Crippen molar-refractivity contribution in [2.75, 3.05) is 56.8 Å². The minimum Gasteiger partial charge on any atom is -0.382 e. The number of benzene rings is 1. The Balaban J connectivity index is 1.31. The molecular weight excluding hydrogens is 498 g/mol. The van der Waals surface area contributed by atoms with Crippen molar-refractivity contribution in [3.63, 3.8) is 0 Å². The molecule has 1 amide bonds. The minimum atomic E-state index is -0.645. The van der Waals surface area contributed by atoms with E-state index in [0.717, 1.165) is 48.0 Å². The Morgan fingerprint density at radius 1 is 1.21 bits per heavy atom. The van der Waals surface area contributed by atoms with Crippen LogP contribution in [0.25, 0.3) is 10.9 Å². The number of ether oxygens (including phenoxy) is 3. The predicted octanol–water partition coefficient (Wildman–Crippen LogP) is 2.62. The maximum Gasteiger partial charge on any atom is 0.261 e. The standard InChI is InChI=1S/C29H35N5O5/c1-29(2)25-24(32-28(29)36)12-18(14-30-25)6-8-34-26(19-7-10-38-16-19)31-23-13-20(4-5-22(23)27(34)35)33-9-11-39-21(15-33)17-37-3/h4-5,12-14,19,21H,6-11,15-17H2,1-3H3,(H,32,36)/t19-,21-/m1/s1. The van der Waals surface area contributed by atoms with Crippen molar-refractivity contribution in [1.82, 2.24) is 14.5 Å². The van der Waals surface area contributed by atoms with Crippen LogP contribution in [-0.4, -0.2) is 73.2 Å². The highest BCUT2D eigenvalue weighted by Gasteiger charge is 2.39. The number of morpholine rings is 1. The predicted molar refractivity (Wildman–Crippen MR) is 148 cm³/mol. The van der Waals surface area contributed by atoms with Crippen molar-refractivity contribution in [2.24, 2.45) is 0 Å². The van der Waals surface area contributed by atoms with E-state index in [1.807, 2.05) is 44.3 Å². The van der Waals surface area contributed by atoms with Gasteiger partial charge >= 0.3 is 0 Å². The molecule has 39 heavy (non-hydrogen) atoms. The third-order valence-electron chi connectivity index (χ3n) is 8.10. The zero-order valence-corrected chi connectivity index (χ0v) is 22.7. The number of amides is 1. The van der Waals surface area contributed by atoms with E-state index in [-0.39, 0.29) is 23.5 Å². The molecule has 3 aliphatic heterocycles. The smallest absolute Gasteiger partial charge is 0.261 e. The molecular formula is C29H35N5O5. The summed E-state index contributed by atoms with van der Waals surface area (Å²) in [6.07, 6.45) is 3.25. The molecule has 2 saturated heterocycles. The second kappa shape index (κ2) is 10.3. The zero-order chi connectivity index (χ0) is 27.1. The number of fused-ring (bicyclic) bond motifs is 2. The van der Waals surface area contributed by atoms with Crippen LogP contribution in [0, 0.1) is 0 Å². The summed E-state index contributed by atoms with van der Waals surface area (Å²) in [6.45, 7) is 8.12. The van der Waals surface area contributed by atoms with Gasteiger partial charge in [0.25, 0.3) is 5.56 Å². The van der Waals surface area contributed by atoms with E-state index < -0.39 is 5.41 Å². The van der Waals surface area contributed by atoms with Gasteiger partial charge in [-0.25, -0.2) is 4.98 Å². The van der Waals surface area contributed by atoms with E-state index in [0.29, 0.717) is 50.3 Å². The fourth-order valence-electron chi connectivity index (χ4n) is 5.79. The number of nitrogens with one attached hydrogen (secondary N) is 1. The van der Waals surface area contributed by atoms with E-state index in [4.69, 9.17) is 19.2 Å². The molecule has 0 unspecified atom stereocenters. The number of anilines is 2. The molecule has 6 rings (SSSR count). The Bertz CT molecular complexity index is 1460. The van der Waals surface area contributed by atoms with Crippen molar-refractivity contribution >= 4 is 28.2 Å². The molecule has 0 spiro atoms. The molecule has 10 nitrogen and oxygen atoms in total. The van der Waals surface area contributed by atoms with Crippen LogP contribution in [-0.2, 0) is 37.4 Å². The van der Waals surface area contributed by atoms with Crippen LogP contribution in [0.1, 0.15) is 43.3 Å². The third-order valence-corrected chi connectivity index (χ3v) is 8.10. The second-order valence-electron chi connectivity index (χ2n) is 11.2. The zero-order valence-electron chi connectivity index (χ0n) is 22.7. The number of hydrogen-bond donors (Lipinski definition) is 1. The number of pyridine rings is 1. The summed E-state index contributed by atoms with van der Waals surface area (Å²) >= 11 is 0. The van der Waals surface area contributed by atoms with Crippen molar-refractivity contribution < 1.29 is 19.0 Å². The topological polar surface area (TPSA) is 108 Å². The number of aryl methyl sites for hydroxylation is 1. The van der Waals surface area contributed by atoms with Gasteiger partial charge in [0.1, 0.15) is 5.82 Å². The highest BCUT2D eigenvalue weighted by molar-refractivity contribution is 6.04. The molecule has 0 radical (unpaired) electrons. The van der Waals surface area contributed by atoms with Gasteiger partial charge in [-0.1, -0.05) is 0 Å². The van der Waals surface area contributed by atoms with Gasteiger partial charge < -0.3 is 24.4 Å². The van der Waals surface area contributed by atoms with Gasteiger partial charge in [-0.3, -0.25) is 19.1 Å². The average Bonchev–Trinajstić information content (AvgIpc) is 3.54. The molecule has 1 N–H and O–H groups in total. The molecule has 0 saturated carbocycles. The lowest BCUT2D eigenvalue weighted by atomic mass is 9.90. The Morgan fingerprint density at radius 3 is 2.87 bits per heavy atom. The number of aromatic nitrogens is 3. The third kappa shape index (κ3) is 4.81. The highest BCUT2D eigenvalue weighted by atomic mass is 16.5. The lowest BCUT2D eigenvalue weighted by Gasteiger charge is -2.34. The van der Waals surface area contributed by atoms with Gasteiger partial charge in [-0.05, 0) is 56.5 Å². The van der Waals surface area contributed by atoms with Crippen molar-refractivity contribution in [2.45, 2.75) is 50.7 Å². The van der Waals surface area contributed by atoms with E-state index in [1.54, 1.807) is 11.7 Å². The summed E-state index contributed by atoms with van der Waals surface area (Å²) in [5.41, 5.74) is 3.51. The maximum absolute atomic E-state index is 13.8. The summed E-state index contributed by atoms with van der Waals surface area (Å²) in [4.78, 5) is 38.1. The Labute approximate surface area is 227 Å². The lowest BCUT2D eigenvalue weighted by Crippen LogP contribution is -2.44. The Morgan fingerprint density at radius 2 is 2.08 bits per heavy atom. The number of methoxy groups -OCH3 is 1. The fourth-order valence-corrected chi connectivity index (χ4v) is 5.79. The van der Waals surface area contributed by atoms with E-state index in [1.165, 1.54) is 0 Å². The SMILES string of the molecule is COC[C@H]1CN(c2ccc3c(=O)n(CCc4cnc5c(c4)NC(=O)C5(C)C)c([C@@H]4CCOC4)nc3c2)CCO1. The molecule has 0 aliphatic carbocycles. The van der Waals surface area contributed by atoms with Crippen LogP contribution >= 0.6 is 0 Å². The van der Waals surface area contributed by atoms with Crippen LogP contribution < -0.4 is 15.8 Å². The van der Waals surface area contributed by atoms with Gasteiger partial charge in [0.15, 0.2) is 0 Å². The van der Waals surface area contributed by atoms with Crippen molar-refractivity contribution in [1.29, 1.82) is 0 Å². The van der Waals surface area contributed by atoms with Gasteiger partial charge in [0, 0.05) is 51.2 Å². The molecule has 1 aromatic carbocycles. The van der Waals surface area contributed by atoms with Gasteiger partial charge in [0.2, 0.25) is 5.91 Å². The van der Waals surface area contributed by atoms with Crippen LogP contribution in [0.3, 0.4) is 0 Å². The van der Waals surface area contributed by atoms with Gasteiger partial charge in [-0.2, -0.15) is 0 Å². The number of carbonyl (C=O) groups excluding carboxylic acids is 1. The molecule has 2 fully saturated rings. The first-order valence-corrected chi connectivity index (χ1v) is 13.6. The summed E-state index contributed by atoms with van der Waals surface area (Å²) < 4.78 is 18.6. The fraction of sp³-hybridized carbons (Fsp3) is 0.517. The van der Waals surface area contributed by atoms with Crippen LogP contribution in [0.4, 0.5) is 11.4 Å². The first kappa shape index (κ1) is 25.9. The van der Waals surface area contributed by atoms with Gasteiger partial charge in [0.05, 0.1) is 53.6 Å². The van der Waals surface area contributed by atoms with E-state index >= 15 is 0 Å². The molecule has 206 valence electrons. The minimum absolute atomic E-state index is 0.0136. The Kier molecular flexibility index (Phi) is 6.86. The first-order chi connectivity index (χ1) is 18.8. The summed E-state index contributed by atoms with van der Waals surface area (Å²) in [5.74, 6) is 0.787. The van der Waals surface area contributed by atoms with Crippen LogP contribution in [0.5, 0.6) is 0 Å². The molecule has 3 aliphatic rings. The van der Waals surface area contributed by atoms with E-state index in [2.05, 4.69) is 15.2 Å². The van der Waals surface area contributed by atoms with Crippen molar-refractivity contribution in [3.05, 3.63) is 57.9 Å². The molecule has 2 aromatic heterocycles. The van der Waals surface area contributed by atoms with Gasteiger partial charge in [-0.15, -0.1) is 0 Å². The number of carbonyl (C=O) groups is 1. The highest BCUT2D eigenvalue weighted by Crippen LogP contribution is 2.36. The second-order valence-corrected chi connectivity index (χ2v) is 11.2. The normalized spacial score (nSPS) is 22.3. The molecule has 2 atom stereocenters. The monoisotopic (exact) mass is 533 g/mol. The van der Waals surface area contributed by atoms with Crippen LogP contribution in [0.15, 0.2) is 35.3 Å². The summed E-state index contributed by atoms with van der Waals surface area (Å²) in [7, 11) is 1.68. The number of nitrogens with zero attached hydrogens (tertiary/aromatic N) is 4. The quantitative estimate of drug-likeness (QED) is 0.494. The molecule has 10 heteroatoms. The molecule has 0 bridgehead atoms. The molecule has 3 aromatic rings. The largest absolute Gasteiger partial charge is 0.382 e.